The number of rotatable bonds is 3. The van der Waals surface area contributed by atoms with Crippen LogP contribution in [0.1, 0.15) is 46.8 Å². The largest absolute Gasteiger partial charge is 0.416 e. The zero-order chi connectivity index (χ0) is 22.9. The summed E-state index contributed by atoms with van der Waals surface area (Å²) in [7, 11) is 0. The lowest BCUT2D eigenvalue weighted by Gasteiger charge is -2.36. The fourth-order valence-electron chi connectivity index (χ4n) is 4.32. The van der Waals surface area contributed by atoms with Crippen molar-refractivity contribution >= 4 is 23.5 Å². The number of carbonyl (C=O) groups is 1. The molecule has 2 saturated heterocycles. The zero-order valence-electron chi connectivity index (χ0n) is 17.5. The lowest BCUT2D eigenvalue weighted by Crippen LogP contribution is -2.47. The minimum atomic E-state index is -4.55. The predicted molar refractivity (Wildman–Crippen MR) is 115 cm³/mol. The average molecular weight is 449 g/mol. The summed E-state index contributed by atoms with van der Waals surface area (Å²) in [5, 5.41) is 3.15. The van der Waals surface area contributed by atoms with E-state index in [1.54, 1.807) is 11.0 Å². The van der Waals surface area contributed by atoms with Crippen LogP contribution in [0.2, 0.25) is 0 Å². The maximum atomic E-state index is 13.8. The molecule has 0 radical (unpaired) electrons. The van der Waals surface area contributed by atoms with Gasteiger partial charge in [-0.2, -0.15) is 23.1 Å². The molecule has 0 spiro atoms. The first-order valence-corrected chi connectivity index (χ1v) is 10.6. The molecule has 8 nitrogen and oxygen atoms in total. The summed E-state index contributed by atoms with van der Waals surface area (Å²) in [6.07, 6.45) is -1.68. The summed E-state index contributed by atoms with van der Waals surface area (Å²) >= 11 is 0. The predicted octanol–water partition coefficient (Wildman–Crippen LogP) is 2.44. The fraction of sp³-hybridized carbons (Fsp3) is 0.476. The number of carbonyl (C=O) groups excluding carboxylic acids is 1. The Balaban J connectivity index is 1.66. The van der Waals surface area contributed by atoms with Crippen LogP contribution in [0, 0.1) is 0 Å². The van der Waals surface area contributed by atoms with E-state index in [2.05, 4.69) is 15.3 Å². The van der Waals surface area contributed by atoms with Crippen molar-refractivity contribution in [2.45, 2.75) is 31.5 Å². The van der Waals surface area contributed by atoms with Crippen molar-refractivity contribution < 1.29 is 18.0 Å². The van der Waals surface area contributed by atoms with E-state index in [9.17, 15) is 18.0 Å². The van der Waals surface area contributed by atoms with E-state index in [0.29, 0.717) is 32.0 Å². The number of halogens is 3. The van der Waals surface area contributed by atoms with Crippen molar-refractivity contribution in [3.63, 3.8) is 0 Å². The van der Waals surface area contributed by atoms with Crippen LogP contribution in [0.5, 0.6) is 0 Å². The normalized spacial score (nSPS) is 19.8. The molecule has 1 aromatic heterocycles. The van der Waals surface area contributed by atoms with Crippen LogP contribution in [-0.2, 0) is 6.18 Å². The van der Waals surface area contributed by atoms with Gasteiger partial charge in [-0.1, -0.05) is 0 Å². The molecule has 5 N–H and O–H groups in total. The van der Waals surface area contributed by atoms with Crippen molar-refractivity contribution in [3.05, 3.63) is 41.0 Å². The van der Waals surface area contributed by atoms with Gasteiger partial charge in [0.25, 0.3) is 5.91 Å². The van der Waals surface area contributed by atoms with Gasteiger partial charge in [-0.05, 0) is 43.0 Å². The third kappa shape index (κ3) is 4.72. The number of likely N-dealkylation sites (tertiary alicyclic amines) is 1. The van der Waals surface area contributed by atoms with E-state index >= 15 is 0 Å². The number of nitrogens with zero attached hydrogens (tertiary/aromatic N) is 4. The summed E-state index contributed by atoms with van der Waals surface area (Å²) < 4.78 is 41.5. The first-order valence-electron chi connectivity index (χ1n) is 10.6. The molecule has 2 fully saturated rings. The van der Waals surface area contributed by atoms with Crippen LogP contribution in [-0.4, -0.2) is 53.5 Å². The number of nitrogens with one attached hydrogen (secondary N) is 1. The van der Waals surface area contributed by atoms with E-state index in [4.69, 9.17) is 11.5 Å². The van der Waals surface area contributed by atoms with Crippen LogP contribution in [0.15, 0.2) is 24.3 Å². The maximum absolute atomic E-state index is 13.8. The quantitative estimate of drug-likeness (QED) is 0.660. The number of alkyl halides is 3. The van der Waals surface area contributed by atoms with Gasteiger partial charge in [-0.3, -0.25) is 4.79 Å². The zero-order valence-corrected chi connectivity index (χ0v) is 17.5. The second kappa shape index (κ2) is 8.81. The van der Waals surface area contributed by atoms with Gasteiger partial charge in [-0.25, -0.2) is 0 Å². The number of piperazine rings is 1. The molecule has 1 aromatic carbocycles. The number of piperidine rings is 1. The Bertz CT molecular complexity index is 972. The molecule has 172 valence electrons. The molecule has 0 unspecified atom stereocenters. The molecule has 0 bridgehead atoms. The van der Waals surface area contributed by atoms with Gasteiger partial charge in [-0.15, -0.1) is 0 Å². The number of amides is 1. The lowest BCUT2D eigenvalue weighted by atomic mass is 9.95. The van der Waals surface area contributed by atoms with Crippen LogP contribution in [0.4, 0.5) is 30.8 Å². The minimum absolute atomic E-state index is 0.000175. The molecule has 32 heavy (non-hydrogen) atoms. The molecule has 1 amide bonds. The summed E-state index contributed by atoms with van der Waals surface area (Å²) in [5.41, 5.74) is 11.0. The molecular weight excluding hydrogens is 423 g/mol. The highest BCUT2D eigenvalue weighted by molar-refractivity contribution is 5.94. The summed E-state index contributed by atoms with van der Waals surface area (Å²) in [6.45, 7) is 2.40. The fourth-order valence-corrected chi connectivity index (χ4v) is 4.32. The SMILES string of the molecule is Nc1cc(N2CCN[C@H](c3cc(C(=O)N4CCCCC4)ccc3C(F)(F)F)C2)nc(N)n1. The Morgan fingerprint density at radius 1 is 1.06 bits per heavy atom. The van der Waals surface area contributed by atoms with E-state index in [-0.39, 0.29) is 35.3 Å². The highest BCUT2D eigenvalue weighted by Crippen LogP contribution is 2.36. The van der Waals surface area contributed by atoms with Crippen LogP contribution >= 0.6 is 0 Å². The molecule has 2 aromatic rings. The summed E-state index contributed by atoms with van der Waals surface area (Å²) in [6, 6.07) is 4.54. The number of anilines is 3. The van der Waals surface area contributed by atoms with Crippen molar-refractivity contribution in [2.75, 3.05) is 49.1 Å². The Labute approximate surface area is 183 Å². The molecule has 4 rings (SSSR count). The van der Waals surface area contributed by atoms with E-state index in [1.807, 2.05) is 4.90 Å². The van der Waals surface area contributed by atoms with Crippen molar-refractivity contribution in [3.8, 4) is 0 Å². The van der Waals surface area contributed by atoms with E-state index < -0.39 is 17.8 Å². The van der Waals surface area contributed by atoms with Gasteiger partial charge in [0, 0.05) is 44.4 Å². The van der Waals surface area contributed by atoms with Crippen LogP contribution < -0.4 is 21.7 Å². The molecule has 11 heteroatoms. The number of nitrogens with two attached hydrogens (primary N) is 2. The molecule has 0 aliphatic carbocycles. The van der Waals surface area contributed by atoms with Crippen molar-refractivity contribution in [2.24, 2.45) is 0 Å². The van der Waals surface area contributed by atoms with Crippen LogP contribution in [0.25, 0.3) is 0 Å². The topological polar surface area (TPSA) is 113 Å². The molecule has 2 aliphatic heterocycles. The summed E-state index contributed by atoms with van der Waals surface area (Å²) in [5.74, 6) is 0.409. The monoisotopic (exact) mass is 449 g/mol. The second-order valence-electron chi connectivity index (χ2n) is 8.11. The first-order chi connectivity index (χ1) is 15.2. The van der Waals surface area contributed by atoms with Crippen LogP contribution in [0.3, 0.4) is 0 Å². The van der Waals surface area contributed by atoms with Crippen molar-refractivity contribution in [1.82, 2.24) is 20.2 Å². The second-order valence-corrected chi connectivity index (χ2v) is 8.11. The smallest absolute Gasteiger partial charge is 0.383 e. The number of aromatic nitrogens is 2. The van der Waals surface area contributed by atoms with Gasteiger partial charge in [0.05, 0.1) is 11.6 Å². The van der Waals surface area contributed by atoms with E-state index in [0.717, 1.165) is 25.3 Å². The Morgan fingerprint density at radius 3 is 2.50 bits per heavy atom. The third-order valence-corrected chi connectivity index (χ3v) is 5.87. The third-order valence-electron chi connectivity index (χ3n) is 5.87. The standard InChI is InChI=1S/C21H26F3N7O/c22-21(23,24)15-5-4-13(19(32)30-7-2-1-3-8-30)10-14(15)16-12-31(9-6-27-16)18-11-17(25)28-20(26)29-18/h4-5,10-11,16,27H,1-3,6-9,12H2,(H4,25,26,28,29)/t16-/m0/s1. The van der Waals surface area contributed by atoms with Gasteiger partial charge >= 0.3 is 6.18 Å². The molecule has 1 atom stereocenters. The lowest BCUT2D eigenvalue weighted by molar-refractivity contribution is -0.138. The Kier molecular flexibility index (Phi) is 6.09. The Hall–Kier alpha value is -3.08. The number of nitrogen functional groups attached to an aromatic ring is 2. The molecule has 0 saturated carbocycles. The number of hydrogen-bond acceptors (Lipinski definition) is 7. The van der Waals surface area contributed by atoms with Gasteiger partial charge in [0.2, 0.25) is 5.95 Å². The van der Waals surface area contributed by atoms with Gasteiger partial charge < -0.3 is 26.6 Å². The molecule has 3 heterocycles. The highest BCUT2D eigenvalue weighted by atomic mass is 19.4. The molecule has 2 aliphatic rings. The Morgan fingerprint density at radius 2 is 1.81 bits per heavy atom. The van der Waals surface area contributed by atoms with Crippen molar-refractivity contribution in [1.29, 1.82) is 0 Å². The number of hydrogen-bond donors (Lipinski definition) is 3. The highest BCUT2D eigenvalue weighted by Gasteiger charge is 2.37. The maximum Gasteiger partial charge on any atom is 0.416 e. The van der Waals surface area contributed by atoms with Gasteiger partial charge in [0.15, 0.2) is 0 Å². The first kappa shape index (κ1) is 22.1. The molecular formula is C21H26F3N7O. The van der Waals surface area contributed by atoms with Gasteiger partial charge in [0.1, 0.15) is 11.6 Å². The van der Waals surface area contributed by atoms with E-state index in [1.165, 1.54) is 12.1 Å². The summed E-state index contributed by atoms with van der Waals surface area (Å²) in [4.78, 5) is 24.5. The average Bonchev–Trinajstić information content (AvgIpc) is 2.77. The number of benzene rings is 1. The minimum Gasteiger partial charge on any atom is -0.383 e.